The van der Waals surface area contributed by atoms with Gasteiger partial charge >= 0.3 is 0 Å². The van der Waals surface area contributed by atoms with Crippen LogP contribution in [0.15, 0.2) is 0 Å². The molecule has 0 aromatic rings. The van der Waals surface area contributed by atoms with Crippen LogP contribution in [0.2, 0.25) is 0 Å². The molecule has 0 heterocycles. The Morgan fingerprint density at radius 3 is 2.60 bits per heavy atom. The lowest BCUT2D eigenvalue weighted by Gasteiger charge is -2.14. The van der Waals surface area contributed by atoms with Crippen molar-refractivity contribution < 1.29 is 9.90 Å². The number of carbonyl (C=O) groups is 1. The number of hydrogen-bond donors (Lipinski definition) is 3. The molecule has 0 rings (SSSR count). The van der Waals surface area contributed by atoms with Crippen molar-refractivity contribution in [3.8, 4) is 0 Å². The molecule has 0 saturated carbocycles. The van der Waals surface area contributed by atoms with Gasteiger partial charge in [-0.2, -0.15) is 0 Å². The van der Waals surface area contributed by atoms with Gasteiger partial charge in [-0.1, -0.05) is 20.3 Å². The molecule has 90 valence electrons. The van der Waals surface area contributed by atoms with Crippen molar-refractivity contribution in [2.45, 2.75) is 39.7 Å². The summed E-state index contributed by atoms with van der Waals surface area (Å²) in [5.41, 5.74) is 0. The van der Waals surface area contributed by atoms with Crippen LogP contribution in [0, 0.1) is 5.92 Å². The van der Waals surface area contributed by atoms with Gasteiger partial charge in [-0.15, -0.1) is 0 Å². The molecule has 0 aromatic carbocycles. The minimum absolute atomic E-state index is 0.0288. The molecule has 0 saturated heterocycles. The van der Waals surface area contributed by atoms with E-state index in [2.05, 4.69) is 17.6 Å². The first-order valence-corrected chi connectivity index (χ1v) is 5.71. The summed E-state index contributed by atoms with van der Waals surface area (Å²) in [6.07, 6.45) is 2.09. The quantitative estimate of drug-likeness (QED) is 0.554. The van der Waals surface area contributed by atoms with Gasteiger partial charge in [-0.05, 0) is 19.3 Å². The largest absolute Gasteiger partial charge is 0.396 e. The molecule has 0 fully saturated rings. The van der Waals surface area contributed by atoms with Crippen LogP contribution in [-0.2, 0) is 4.79 Å². The Labute approximate surface area is 92.4 Å². The first-order chi connectivity index (χ1) is 7.10. The summed E-state index contributed by atoms with van der Waals surface area (Å²) in [7, 11) is 0. The van der Waals surface area contributed by atoms with E-state index in [9.17, 15) is 4.79 Å². The van der Waals surface area contributed by atoms with E-state index in [1.54, 1.807) is 0 Å². The molecule has 0 radical (unpaired) electrons. The van der Waals surface area contributed by atoms with Gasteiger partial charge in [0.25, 0.3) is 0 Å². The standard InChI is InChI=1S/C11H24N2O2/c1-4-5-10(3)13-11(15)7-12-6-9(2)8-14/h9-10,12,14H,4-8H2,1-3H3,(H,13,15). The summed E-state index contributed by atoms with van der Waals surface area (Å²) in [5.74, 6) is 0.229. The fourth-order valence-electron chi connectivity index (χ4n) is 1.33. The third-order valence-electron chi connectivity index (χ3n) is 2.22. The van der Waals surface area contributed by atoms with Gasteiger partial charge in [0.05, 0.1) is 6.54 Å². The Balaban J connectivity index is 3.48. The average Bonchev–Trinajstić information content (AvgIpc) is 2.17. The van der Waals surface area contributed by atoms with Crippen molar-refractivity contribution in [2.24, 2.45) is 5.92 Å². The van der Waals surface area contributed by atoms with Crippen LogP contribution in [0.4, 0.5) is 0 Å². The molecule has 0 aliphatic heterocycles. The first kappa shape index (κ1) is 14.4. The van der Waals surface area contributed by atoms with Gasteiger partial charge in [0.1, 0.15) is 0 Å². The molecule has 0 aliphatic rings. The summed E-state index contributed by atoms with van der Waals surface area (Å²) < 4.78 is 0. The average molecular weight is 216 g/mol. The Bertz CT molecular complexity index is 174. The summed E-state index contributed by atoms with van der Waals surface area (Å²) in [6.45, 7) is 7.21. The predicted octanol–water partition coefficient (Wildman–Crippen LogP) is 0.509. The summed E-state index contributed by atoms with van der Waals surface area (Å²) in [4.78, 5) is 11.4. The Kier molecular flexibility index (Phi) is 8.33. The lowest BCUT2D eigenvalue weighted by Crippen LogP contribution is -2.40. The second kappa shape index (κ2) is 8.68. The molecule has 1 amide bonds. The molecule has 0 aliphatic carbocycles. The van der Waals surface area contributed by atoms with Gasteiger partial charge in [0.2, 0.25) is 5.91 Å². The Morgan fingerprint density at radius 1 is 1.40 bits per heavy atom. The van der Waals surface area contributed by atoms with Gasteiger partial charge < -0.3 is 15.7 Å². The number of aliphatic hydroxyl groups excluding tert-OH is 1. The van der Waals surface area contributed by atoms with Crippen molar-refractivity contribution in [1.29, 1.82) is 0 Å². The smallest absolute Gasteiger partial charge is 0.234 e. The van der Waals surface area contributed by atoms with Crippen molar-refractivity contribution in [1.82, 2.24) is 10.6 Å². The fourth-order valence-corrected chi connectivity index (χ4v) is 1.33. The minimum Gasteiger partial charge on any atom is -0.396 e. The van der Waals surface area contributed by atoms with Crippen LogP contribution < -0.4 is 10.6 Å². The number of aliphatic hydroxyl groups is 1. The number of nitrogens with one attached hydrogen (secondary N) is 2. The van der Waals surface area contributed by atoms with Gasteiger partial charge in [0.15, 0.2) is 0 Å². The van der Waals surface area contributed by atoms with E-state index in [-0.39, 0.29) is 24.5 Å². The van der Waals surface area contributed by atoms with E-state index in [1.807, 2.05) is 13.8 Å². The molecule has 0 spiro atoms. The highest BCUT2D eigenvalue weighted by Gasteiger charge is 2.06. The van der Waals surface area contributed by atoms with Crippen LogP contribution >= 0.6 is 0 Å². The summed E-state index contributed by atoms with van der Waals surface area (Å²) in [5, 5.41) is 14.7. The zero-order chi connectivity index (χ0) is 11.7. The van der Waals surface area contributed by atoms with Gasteiger partial charge in [-0.25, -0.2) is 0 Å². The van der Waals surface area contributed by atoms with Crippen molar-refractivity contribution >= 4 is 5.91 Å². The first-order valence-electron chi connectivity index (χ1n) is 5.71. The second-order valence-electron chi connectivity index (χ2n) is 4.18. The molecule has 0 bridgehead atoms. The zero-order valence-corrected chi connectivity index (χ0v) is 10.0. The molecule has 3 N–H and O–H groups in total. The SMILES string of the molecule is CCCC(C)NC(=O)CNCC(C)CO. The van der Waals surface area contributed by atoms with E-state index >= 15 is 0 Å². The number of hydrogen-bond acceptors (Lipinski definition) is 3. The van der Waals surface area contributed by atoms with E-state index in [0.717, 1.165) is 12.8 Å². The van der Waals surface area contributed by atoms with Crippen molar-refractivity contribution in [2.75, 3.05) is 19.7 Å². The number of rotatable bonds is 8. The highest BCUT2D eigenvalue weighted by atomic mass is 16.3. The van der Waals surface area contributed by atoms with Crippen LogP contribution in [0.25, 0.3) is 0 Å². The third-order valence-corrected chi connectivity index (χ3v) is 2.22. The minimum atomic E-state index is 0.0288. The molecule has 2 atom stereocenters. The number of carbonyl (C=O) groups excluding carboxylic acids is 1. The van der Waals surface area contributed by atoms with Crippen molar-refractivity contribution in [3.63, 3.8) is 0 Å². The molecule has 4 heteroatoms. The maximum Gasteiger partial charge on any atom is 0.234 e. The lowest BCUT2D eigenvalue weighted by molar-refractivity contribution is -0.120. The Morgan fingerprint density at radius 2 is 2.07 bits per heavy atom. The van der Waals surface area contributed by atoms with Gasteiger partial charge in [0, 0.05) is 19.2 Å². The lowest BCUT2D eigenvalue weighted by atomic mass is 10.2. The molecule has 15 heavy (non-hydrogen) atoms. The van der Waals surface area contributed by atoms with Crippen LogP contribution in [0.3, 0.4) is 0 Å². The molecule has 2 unspecified atom stereocenters. The molecule has 0 aromatic heterocycles. The second-order valence-corrected chi connectivity index (χ2v) is 4.18. The van der Waals surface area contributed by atoms with Crippen LogP contribution in [0.5, 0.6) is 0 Å². The zero-order valence-electron chi connectivity index (χ0n) is 10.0. The maximum atomic E-state index is 11.4. The molecular weight excluding hydrogens is 192 g/mol. The third kappa shape index (κ3) is 8.39. The number of amides is 1. The Hall–Kier alpha value is -0.610. The van der Waals surface area contributed by atoms with E-state index in [0.29, 0.717) is 13.1 Å². The monoisotopic (exact) mass is 216 g/mol. The summed E-state index contributed by atoms with van der Waals surface area (Å²) >= 11 is 0. The molecular formula is C11H24N2O2. The predicted molar refractivity (Wildman–Crippen MR) is 61.6 cm³/mol. The van der Waals surface area contributed by atoms with E-state index in [4.69, 9.17) is 5.11 Å². The van der Waals surface area contributed by atoms with Gasteiger partial charge in [-0.3, -0.25) is 4.79 Å². The molecule has 4 nitrogen and oxygen atoms in total. The van der Waals surface area contributed by atoms with Crippen LogP contribution in [0.1, 0.15) is 33.6 Å². The van der Waals surface area contributed by atoms with Crippen molar-refractivity contribution in [3.05, 3.63) is 0 Å². The maximum absolute atomic E-state index is 11.4. The van der Waals surface area contributed by atoms with Crippen LogP contribution in [-0.4, -0.2) is 36.8 Å². The fraction of sp³-hybridized carbons (Fsp3) is 0.909. The summed E-state index contributed by atoms with van der Waals surface area (Å²) in [6, 6.07) is 0.250. The van der Waals surface area contributed by atoms with E-state index in [1.165, 1.54) is 0 Å². The normalized spacial score (nSPS) is 14.7. The topological polar surface area (TPSA) is 61.4 Å². The highest BCUT2D eigenvalue weighted by Crippen LogP contribution is 1.94. The van der Waals surface area contributed by atoms with E-state index < -0.39 is 0 Å². The highest BCUT2D eigenvalue weighted by molar-refractivity contribution is 5.78.